The number of benzene rings is 4. The number of amides is 2. The molecular weight excluding hydrogens is 872 g/mol. The molecule has 0 saturated carbocycles. The van der Waals surface area contributed by atoms with Crippen LogP contribution in [0.5, 0.6) is 11.5 Å². The molecule has 0 aliphatic carbocycles. The molecule has 6 rings (SSSR count). The first-order chi connectivity index (χ1) is 26.9. The predicted octanol–water partition coefficient (Wildman–Crippen LogP) is 0.860. The molecule has 6 aromatic rings. The maximum absolute atomic E-state index is 13.2. The van der Waals surface area contributed by atoms with Crippen LogP contribution in [0, 0.1) is 0 Å². The summed E-state index contributed by atoms with van der Waals surface area (Å²) in [7, 11) is -20.1. The fourth-order valence-corrected chi connectivity index (χ4v) is 8.53. The van der Waals surface area contributed by atoms with Gasteiger partial charge in [0, 0.05) is 34.5 Å². The third kappa shape index (κ3) is 9.42. The normalized spacial score (nSPS) is 12.3. The van der Waals surface area contributed by atoms with Crippen molar-refractivity contribution in [3.05, 3.63) is 107 Å². The number of phenols is 2. The van der Waals surface area contributed by atoms with Crippen LogP contribution in [-0.2, 0) is 40.5 Å². The average Bonchev–Trinajstić information content (AvgIpc) is 3.13. The summed E-state index contributed by atoms with van der Waals surface area (Å²) in [5, 5.41) is 25.4. The van der Waals surface area contributed by atoms with Gasteiger partial charge in [0.15, 0.2) is 11.5 Å². The molecule has 0 bridgehead atoms. The number of rotatable bonds is 10. The van der Waals surface area contributed by atoms with Crippen LogP contribution in [0.1, 0.15) is 31.8 Å². The molecule has 0 aliphatic heterocycles. The molecule has 2 aromatic heterocycles. The van der Waals surface area contributed by atoms with Crippen LogP contribution in [0.2, 0.25) is 0 Å². The van der Waals surface area contributed by atoms with Gasteiger partial charge in [-0.1, -0.05) is 24.3 Å². The number of pyridine rings is 2. The number of fused-ring (bicyclic) bond motifs is 2. The summed E-state index contributed by atoms with van der Waals surface area (Å²) in [6.45, 7) is 0. The second-order valence-electron chi connectivity index (χ2n) is 12.0. The van der Waals surface area contributed by atoms with E-state index >= 15 is 0 Å². The number of hydrogen-bond donors (Lipinski definition) is 8. The summed E-state index contributed by atoms with van der Waals surface area (Å²) >= 11 is 0. The minimum absolute atomic E-state index is 0. The van der Waals surface area contributed by atoms with Crippen molar-refractivity contribution in [1.82, 2.24) is 9.97 Å². The Labute approximate surface area is 355 Å². The van der Waals surface area contributed by atoms with Crippen LogP contribution in [0.4, 0.5) is 11.4 Å². The molecule has 2 heterocycles. The zero-order valence-electron chi connectivity index (χ0n) is 29.5. The summed E-state index contributed by atoms with van der Waals surface area (Å²) < 4.78 is 137. The van der Waals surface area contributed by atoms with E-state index in [1.807, 2.05) is 0 Å². The Morgan fingerprint density at radius 3 is 1.17 bits per heavy atom. The van der Waals surface area contributed by atoms with Crippen molar-refractivity contribution in [3.8, 4) is 11.5 Å². The van der Waals surface area contributed by atoms with Crippen LogP contribution in [0.3, 0.4) is 0 Å². The second-order valence-corrected chi connectivity index (χ2v) is 17.5. The number of aromatic hydroxyl groups is 2. The Kier molecular flexibility index (Phi) is 12.4. The quantitative estimate of drug-likeness (QED) is 0.0537. The molecule has 0 saturated heterocycles. The van der Waals surface area contributed by atoms with Crippen molar-refractivity contribution >= 4 is 97.6 Å². The zero-order valence-corrected chi connectivity index (χ0v) is 34.8. The number of nitrogens with one attached hydrogen (secondary N) is 2. The van der Waals surface area contributed by atoms with Crippen molar-refractivity contribution in [1.29, 1.82) is 0 Å². The van der Waals surface area contributed by atoms with Crippen molar-refractivity contribution in [2.75, 3.05) is 10.6 Å². The standard InChI is InChI=1S/C34H24N4O16S4.Na/c39-31-23(15-27(57(49,50)51)21-3-1-11-35-29(21)31)33(41)37-19-9-7-17(25(13-19)55(43,44)45)5-6-18-8-10-20(14-26(18)56(46,47)48)38-34(42)24-16-28(58(52,53)54)22-4-2-12-36-30(22)32(24)40;/h1-16,39-40H,(H,37,41)(H,38,42)(H,43,44,45)(H,46,47,48)(H,49,50,51)(H,52,53,54);/q;+1/b6-5+;. The monoisotopic (exact) mass is 895 g/mol. The van der Waals surface area contributed by atoms with E-state index in [1.54, 1.807) is 0 Å². The number of anilines is 2. The topological polar surface area (TPSA) is 342 Å². The van der Waals surface area contributed by atoms with E-state index in [0.717, 1.165) is 48.6 Å². The largest absolute Gasteiger partial charge is 1.00 e. The second kappa shape index (κ2) is 16.3. The number of phenolic OH excluding ortho intramolecular Hbond substituents is 2. The summed E-state index contributed by atoms with van der Waals surface area (Å²) in [4.78, 5) is 30.8. The Hall–Kier alpha value is -5.38. The molecule has 0 fully saturated rings. The van der Waals surface area contributed by atoms with E-state index in [2.05, 4.69) is 20.6 Å². The minimum Gasteiger partial charge on any atom is -0.505 e. The van der Waals surface area contributed by atoms with Gasteiger partial charge in [0.25, 0.3) is 52.3 Å². The van der Waals surface area contributed by atoms with Crippen molar-refractivity contribution in [2.45, 2.75) is 19.6 Å². The van der Waals surface area contributed by atoms with Gasteiger partial charge in [-0.2, -0.15) is 33.7 Å². The number of aromatic nitrogens is 2. The molecule has 0 radical (unpaired) electrons. The molecule has 20 nitrogen and oxygen atoms in total. The van der Waals surface area contributed by atoms with E-state index in [1.165, 1.54) is 36.7 Å². The molecule has 4 aromatic carbocycles. The summed E-state index contributed by atoms with van der Waals surface area (Å²) in [6.07, 6.45) is 4.34. The molecular formula is C34H24N4NaO16S4+. The first-order valence-electron chi connectivity index (χ1n) is 15.7. The van der Waals surface area contributed by atoms with Gasteiger partial charge in [0.05, 0.1) is 11.1 Å². The smallest absolute Gasteiger partial charge is 0.505 e. The van der Waals surface area contributed by atoms with Crippen molar-refractivity contribution < 1.29 is 101 Å². The van der Waals surface area contributed by atoms with Gasteiger partial charge in [-0.05, 0) is 71.8 Å². The molecule has 0 spiro atoms. The SMILES string of the molecule is O=C(Nc1ccc(/C=C/c2ccc(NC(=O)c3cc(S(=O)(=O)O)c4cccnc4c3O)cc2S(=O)(=O)O)c(S(=O)(=O)O)c1)c1cc(S(=O)(=O)O)c2cccnc2c1O.[Na+]. The Morgan fingerprint density at radius 1 is 0.508 bits per heavy atom. The van der Waals surface area contributed by atoms with Gasteiger partial charge in [0.2, 0.25) is 0 Å². The third-order valence-electron chi connectivity index (χ3n) is 8.24. The van der Waals surface area contributed by atoms with E-state index in [4.69, 9.17) is 0 Å². The summed E-state index contributed by atoms with van der Waals surface area (Å²) in [5.41, 5.74) is -3.36. The fraction of sp³-hybridized carbons (Fsp3) is 0. The molecule has 300 valence electrons. The first kappa shape index (κ1) is 44.7. The van der Waals surface area contributed by atoms with Crippen LogP contribution < -0.4 is 40.2 Å². The van der Waals surface area contributed by atoms with E-state index in [9.17, 15) is 71.7 Å². The van der Waals surface area contributed by atoms with Crippen LogP contribution >= 0.6 is 0 Å². The Balaban J connectivity index is 0.00000661. The zero-order chi connectivity index (χ0) is 42.5. The molecule has 8 N–H and O–H groups in total. The maximum Gasteiger partial charge on any atom is 1.00 e. The molecule has 59 heavy (non-hydrogen) atoms. The van der Waals surface area contributed by atoms with Gasteiger partial charge in [0.1, 0.15) is 30.6 Å². The van der Waals surface area contributed by atoms with Crippen molar-refractivity contribution in [2.24, 2.45) is 0 Å². The molecule has 0 atom stereocenters. The first-order valence-corrected chi connectivity index (χ1v) is 21.4. The predicted molar refractivity (Wildman–Crippen MR) is 204 cm³/mol. The maximum atomic E-state index is 13.2. The average molecular weight is 896 g/mol. The van der Waals surface area contributed by atoms with Gasteiger partial charge in [-0.15, -0.1) is 0 Å². The third-order valence-corrected chi connectivity index (χ3v) is 11.8. The van der Waals surface area contributed by atoms with Crippen LogP contribution in [-0.4, -0.2) is 83.9 Å². The van der Waals surface area contributed by atoms with Crippen LogP contribution in [0.25, 0.3) is 34.0 Å². The van der Waals surface area contributed by atoms with Gasteiger partial charge < -0.3 is 20.8 Å². The number of carbonyl (C=O) groups excluding carboxylic acids is 2. The van der Waals surface area contributed by atoms with E-state index in [-0.39, 0.29) is 73.9 Å². The molecule has 0 unspecified atom stereocenters. The van der Waals surface area contributed by atoms with E-state index < -0.39 is 94.5 Å². The minimum atomic E-state index is -5.11. The fourth-order valence-electron chi connectivity index (χ4n) is 5.69. The molecule has 2 amide bonds. The van der Waals surface area contributed by atoms with E-state index in [0.29, 0.717) is 12.1 Å². The van der Waals surface area contributed by atoms with Gasteiger partial charge >= 0.3 is 29.6 Å². The Bertz CT molecular complexity index is 3040. The van der Waals surface area contributed by atoms with Gasteiger partial charge in [-0.25, -0.2) is 0 Å². The van der Waals surface area contributed by atoms with Crippen molar-refractivity contribution in [3.63, 3.8) is 0 Å². The molecule has 25 heteroatoms. The number of nitrogens with zero attached hydrogens (tertiary/aromatic N) is 2. The molecule has 0 aliphatic rings. The number of hydrogen-bond acceptors (Lipinski definition) is 14. The summed E-state index contributed by atoms with van der Waals surface area (Å²) in [6, 6.07) is 12.2. The summed E-state index contributed by atoms with van der Waals surface area (Å²) in [5.74, 6) is -3.97. The van der Waals surface area contributed by atoms with Gasteiger partial charge in [-0.3, -0.25) is 37.8 Å². The number of carbonyl (C=O) groups is 2. The van der Waals surface area contributed by atoms with Crippen LogP contribution in [0.15, 0.2) is 105 Å². The Morgan fingerprint density at radius 2 is 0.847 bits per heavy atom.